The van der Waals surface area contributed by atoms with E-state index in [1.807, 2.05) is 35.9 Å². The smallest absolute Gasteiger partial charge is 0.253 e. The van der Waals surface area contributed by atoms with Crippen molar-refractivity contribution in [3.05, 3.63) is 75.7 Å². The van der Waals surface area contributed by atoms with Crippen LogP contribution in [0.2, 0.25) is 0 Å². The summed E-state index contributed by atoms with van der Waals surface area (Å²) in [5.74, 6) is 1.53. The predicted octanol–water partition coefficient (Wildman–Crippen LogP) is 4.69. The number of rotatable bonds is 8. The Bertz CT molecular complexity index is 1380. The largest absolute Gasteiger partial charge is 0.468 e. The van der Waals surface area contributed by atoms with Gasteiger partial charge in [0.2, 0.25) is 0 Å². The molecule has 2 atom stereocenters. The molecule has 2 fully saturated rings. The summed E-state index contributed by atoms with van der Waals surface area (Å²) in [4.78, 5) is 19.1. The SMILES string of the molecule is Cc1ccc2cc([C@H](c3nnnn3C3CCCCC3)N(Cc3ccco3)C[C@H]3CCCO3)c(=O)[nH]c2c1. The van der Waals surface area contributed by atoms with Gasteiger partial charge in [-0.2, -0.15) is 0 Å². The highest BCUT2D eigenvalue weighted by molar-refractivity contribution is 5.79. The molecule has 9 nitrogen and oxygen atoms in total. The Hall–Kier alpha value is -3.30. The van der Waals surface area contributed by atoms with Crippen molar-refractivity contribution < 1.29 is 9.15 Å². The second kappa shape index (κ2) is 10.6. The van der Waals surface area contributed by atoms with E-state index in [0.29, 0.717) is 24.5 Å². The maximum absolute atomic E-state index is 13.7. The van der Waals surface area contributed by atoms with Crippen LogP contribution in [0.25, 0.3) is 10.9 Å². The second-order valence-electron chi connectivity index (χ2n) is 10.5. The highest BCUT2D eigenvalue weighted by Crippen LogP contribution is 2.34. The molecular formula is C28H34N6O3. The van der Waals surface area contributed by atoms with Crippen LogP contribution in [-0.2, 0) is 11.3 Å². The molecule has 9 heteroatoms. The van der Waals surface area contributed by atoms with Crippen LogP contribution >= 0.6 is 0 Å². The lowest BCUT2D eigenvalue weighted by molar-refractivity contribution is 0.0539. The first-order valence-corrected chi connectivity index (χ1v) is 13.4. The van der Waals surface area contributed by atoms with Gasteiger partial charge >= 0.3 is 0 Å². The van der Waals surface area contributed by atoms with Crippen molar-refractivity contribution in [1.29, 1.82) is 0 Å². The van der Waals surface area contributed by atoms with Crippen molar-refractivity contribution in [2.24, 2.45) is 0 Å². The number of pyridine rings is 1. The van der Waals surface area contributed by atoms with Crippen LogP contribution in [0.3, 0.4) is 0 Å². The summed E-state index contributed by atoms with van der Waals surface area (Å²) < 4.78 is 13.8. The minimum absolute atomic E-state index is 0.0821. The Balaban J connectivity index is 1.49. The standard InChI is InChI=1S/C28H34N6O3/c1-19-11-12-20-16-24(28(35)29-25(20)15-19)26(27-30-31-32-34(27)21-7-3-2-4-8-21)33(17-22-9-5-13-36-22)18-23-10-6-14-37-23/h5,9,11-13,15-16,21,23,26H,2-4,6-8,10,14,17-18H2,1H3,(H,29,35)/t23-,26-/m1/s1. The van der Waals surface area contributed by atoms with Crippen molar-refractivity contribution >= 4 is 10.9 Å². The van der Waals surface area contributed by atoms with Gasteiger partial charge in [-0.3, -0.25) is 9.69 Å². The van der Waals surface area contributed by atoms with Crippen LogP contribution in [-0.4, -0.2) is 49.3 Å². The average Bonchev–Trinajstić information content (AvgIpc) is 3.69. The Morgan fingerprint density at radius 1 is 1.14 bits per heavy atom. The maximum atomic E-state index is 13.7. The van der Waals surface area contributed by atoms with Crippen molar-refractivity contribution in [3.63, 3.8) is 0 Å². The molecule has 194 valence electrons. The topological polar surface area (TPSA) is 102 Å². The molecule has 1 saturated carbocycles. The number of benzene rings is 1. The van der Waals surface area contributed by atoms with Gasteiger partial charge in [-0.15, -0.1) is 5.10 Å². The van der Waals surface area contributed by atoms with Gasteiger partial charge in [0.15, 0.2) is 5.82 Å². The van der Waals surface area contributed by atoms with Gasteiger partial charge in [0, 0.05) is 24.2 Å². The van der Waals surface area contributed by atoms with E-state index in [4.69, 9.17) is 9.15 Å². The molecule has 4 heterocycles. The van der Waals surface area contributed by atoms with E-state index in [9.17, 15) is 4.79 Å². The van der Waals surface area contributed by atoms with Gasteiger partial charge in [-0.25, -0.2) is 4.68 Å². The number of furan rings is 1. The minimum atomic E-state index is -0.458. The first-order chi connectivity index (χ1) is 18.2. The van der Waals surface area contributed by atoms with Gasteiger partial charge in [-0.05, 0) is 78.2 Å². The second-order valence-corrected chi connectivity index (χ2v) is 10.5. The summed E-state index contributed by atoms with van der Waals surface area (Å²) in [6.07, 6.45) is 9.45. The van der Waals surface area contributed by atoms with Crippen LogP contribution in [0.4, 0.5) is 0 Å². The molecule has 1 aliphatic carbocycles. The molecule has 0 bridgehead atoms. The third-order valence-corrected chi connectivity index (χ3v) is 7.77. The van der Waals surface area contributed by atoms with Crippen molar-refractivity contribution in [3.8, 4) is 0 Å². The fourth-order valence-corrected chi connectivity index (χ4v) is 5.91. The number of aromatic nitrogens is 5. The normalized spacial score (nSPS) is 19.7. The zero-order chi connectivity index (χ0) is 25.2. The molecule has 1 saturated heterocycles. The first-order valence-electron chi connectivity index (χ1n) is 13.4. The lowest BCUT2D eigenvalue weighted by Crippen LogP contribution is -2.39. The zero-order valence-corrected chi connectivity index (χ0v) is 21.3. The molecule has 0 spiro atoms. The predicted molar refractivity (Wildman–Crippen MR) is 139 cm³/mol. The van der Waals surface area contributed by atoms with Crippen molar-refractivity contribution in [1.82, 2.24) is 30.1 Å². The number of tetrazole rings is 1. The Kier molecular flexibility index (Phi) is 6.89. The number of ether oxygens (including phenoxy) is 1. The first kappa shape index (κ1) is 24.1. The lowest BCUT2D eigenvalue weighted by Gasteiger charge is -2.33. The fraction of sp³-hybridized carbons (Fsp3) is 0.500. The molecule has 1 aromatic carbocycles. The summed E-state index contributed by atoms with van der Waals surface area (Å²) in [6.45, 7) is 3.95. The Morgan fingerprint density at radius 2 is 2.03 bits per heavy atom. The van der Waals surface area contributed by atoms with Crippen molar-refractivity contribution in [2.45, 2.75) is 76.6 Å². The minimum Gasteiger partial charge on any atom is -0.468 e. The van der Waals surface area contributed by atoms with Crippen LogP contribution < -0.4 is 5.56 Å². The highest BCUT2D eigenvalue weighted by Gasteiger charge is 2.35. The number of hydrogen-bond acceptors (Lipinski definition) is 7. The summed E-state index contributed by atoms with van der Waals surface area (Å²) in [5.41, 5.74) is 2.44. The third-order valence-electron chi connectivity index (χ3n) is 7.77. The monoisotopic (exact) mass is 502 g/mol. The van der Waals surface area contributed by atoms with E-state index < -0.39 is 6.04 Å². The summed E-state index contributed by atoms with van der Waals surface area (Å²) in [7, 11) is 0. The van der Waals surface area contributed by atoms with E-state index in [-0.39, 0.29) is 17.7 Å². The molecule has 1 aliphatic heterocycles. The summed E-state index contributed by atoms with van der Waals surface area (Å²) in [6, 6.07) is 11.8. The average molecular weight is 503 g/mol. The molecule has 0 unspecified atom stereocenters. The molecule has 4 aromatic rings. The van der Waals surface area contributed by atoms with Crippen LogP contribution in [0.15, 0.2) is 51.9 Å². The van der Waals surface area contributed by atoms with E-state index in [1.165, 1.54) is 6.42 Å². The van der Waals surface area contributed by atoms with Crippen LogP contribution in [0.1, 0.15) is 79.7 Å². The lowest BCUT2D eigenvalue weighted by atomic mass is 9.95. The molecule has 3 aromatic heterocycles. The van der Waals surface area contributed by atoms with Crippen LogP contribution in [0, 0.1) is 6.92 Å². The molecule has 2 aliphatic rings. The number of aromatic amines is 1. The van der Waals surface area contributed by atoms with Gasteiger partial charge in [-0.1, -0.05) is 31.4 Å². The Labute approximate surface area is 215 Å². The number of aryl methyl sites for hydroxylation is 1. The van der Waals surface area contributed by atoms with Gasteiger partial charge < -0.3 is 14.1 Å². The summed E-state index contributed by atoms with van der Waals surface area (Å²) in [5, 5.41) is 14.1. The zero-order valence-electron chi connectivity index (χ0n) is 21.3. The summed E-state index contributed by atoms with van der Waals surface area (Å²) >= 11 is 0. The Morgan fingerprint density at radius 3 is 2.81 bits per heavy atom. The number of nitrogens with one attached hydrogen (secondary N) is 1. The van der Waals surface area contributed by atoms with Crippen molar-refractivity contribution in [2.75, 3.05) is 13.2 Å². The maximum Gasteiger partial charge on any atom is 0.253 e. The van der Waals surface area contributed by atoms with Gasteiger partial charge in [0.25, 0.3) is 5.56 Å². The number of fused-ring (bicyclic) bond motifs is 1. The molecule has 6 rings (SSSR count). The van der Waals surface area contributed by atoms with Crippen LogP contribution in [0.5, 0.6) is 0 Å². The van der Waals surface area contributed by atoms with Gasteiger partial charge in [0.1, 0.15) is 11.8 Å². The molecule has 37 heavy (non-hydrogen) atoms. The highest BCUT2D eigenvalue weighted by atomic mass is 16.5. The van der Waals surface area contributed by atoms with E-state index in [2.05, 4.69) is 37.5 Å². The van der Waals surface area contributed by atoms with Gasteiger partial charge in [0.05, 0.1) is 25.0 Å². The molecular weight excluding hydrogens is 468 g/mol. The molecule has 1 N–H and O–H groups in total. The van der Waals surface area contributed by atoms with E-state index >= 15 is 0 Å². The fourth-order valence-electron chi connectivity index (χ4n) is 5.91. The number of nitrogens with zero attached hydrogens (tertiary/aromatic N) is 5. The number of H-pyrrole nitrogens is 1. The van der Waals surface area contributed by atoms with E-state index in [0.717, 1.165) is 67.4 Å². The third kappa shape index (κ3) is 5.10. The molecule has 0 amide bonds. The molecule has 0 radical (unpaired) electrons. The van der Waals surface area contributed by atoms with E-state index in [1.54, 1.807) is 6.26 Å². The number of hydrogen-bond donors (Lipinski definition) is 1. The quantitative estimate of drug-likeness (QED) is 0.373.